The monoisotopic (exact) mass is 1230 g/mol. The van der Waals surface area contributed by atoms with Gasteiger partial charge < -0.3 is 8.80 Å². The molecule has 4 heterocycles. The Morgan fingerprint density at radius 2 is 0.619 bits per heavy atom. The summed E-state index contributed by atoms with van der Waals surface area (Å²) in [6, 6.07) is 90.1. The molecule has 442 valence electrons. The summed E-state index contributed by atoms with van der Waals surface area (Å²) in [6.07, 6.45) is 0. The lowest BCUT2D eigenvalue weighted by Gasteiger charge is -2.64. The third-order valence-corrected chi connectivity index (χ3v) is 26.1. The van der Waals surface area contributed by atoms with Crippen molar-refractivity contribution in [1.29, 1.82) is 10.5 Å². The molecular formula is C91H46N4O2. The van der Waals surface area contributed by atoms with Gasteiger partial charge >= 0.3 is 0 Å². The van der Waals surface area contributed by atoms with E-state index in [1.807, 2.05) is 0 Å². The van der Waals surface area contributed by atoms with Gasteiger partial charge in [0.25, 0.3) is 0 Å². The first-order chi connectivity index (χ1) is 48.0. The molecule has 0 saturated heterocycles. The number of fused-ring (bicyclic) bond motifs is 20. The van der Waals surface area contributed by atoms with E-state index in [2.05, 4.69) is 251 Å². The molecule has 1 spiro atoms. The number of aromatic nitrogens is 2. The van der Waals surface area contributed by atoms with Crippen molar-refractivity contribution in [2.45, 2.75) is 52.8 Å². The maximum atomic E-state index is 16.3. The van der Waals surface area contributed by atoms with Crippen LogP contribution in [0.15, 0.2) is 231 Å². The maximum absolute atomic E-state index is 16.3. The molecule has 12 aliphatic rings. The zero-order valence-corrected chi connectivity index (χ0v) is 51.7. The molecule has 0 amide bonds. The fourth-order valence-electron chi connectivity index (χ4n) is 23.2. The summed E-state index contributed by atoms with van der Waals surface area (Å²) in [5.74, 6) is -1.63. The first kappa shape index (κ1) is 49.4. The van der Waals surface area contributed by atoms with Gasteiger partial charge in [-0.25, -0.2) is 0 Å². The predicted octanol–water partition coefficient (Wildman–Crippen LogP) is 19.3. The highest BCUT2D eigenvalue weighted by molar-refractivity contribution is 6.46. The molecule has 0 radical (unpaired) electrons. The molecule has 3 unspecified atom stereocenters. The Morgan fingerprint density at radius 1 is 0.289 bits per heavy atom. The summed E-state index contributed by atoms with van der Waals surface area (Å²) >= 11 is 0. The van der Waals surface area contributed by atoms with Gasteiger partial charge in [-0.3, -0.25) is 9.59 Å². The van der Waals surface area contributed by atoms with Gasteiger partial charge in [-0.15, -0.1) is 0 Å². The van der Waals surface area contributed by atoms with Crippen molar-refractivity contribution >= 4 is 87.8 Å². The lowest BCUT2D eigenvalue weighted by atomic mass is 9.36. The molecule has 0 N–H and O–H groups in total. The summed E-state index contributed by atoms with van der Waals surface area (Å²) in [4.78, 5) is 32.6. The van der Waals surface area contributed by atoms with Crippen LogP contribution in [-0.4, -0.2) is 20.4 Å². The Morgan fingerprint density at radius 3 is 1.02 bits per heavy atom. The first-order valence-electron chi connectivity index (χ1n) is 34.2. The SMILES string of the molecule is N#Cc1cc2c(c3c1C1c4ccccc4C3c3ccccc31)c1c3c4cc5c(cc4n4c6cc(C#N)c7c(c6c(c6c8cc9c(cc8n2c61)C(=O)C1c2ccccc2C9c2ccccc21)c34)C1c2ccccc2C7c2ccccc21)C(=O)C1c2ccccc2C12c1ccccc1C52. The quantitative estimate of drug-likeness (QED) is 0.151. The summed E-state index contributed by atoms with van der Waals surface area (Å²) < 4.78 is 5.00. The van der Waals surface area contributed by atoms with Crippen LogP contribution in [0.4, 0.5) is 0 Å². The van der Waals surface area contributed by atoms with E-state index in [-0.39, 0.29) is 53.0 Å². The van der Waals surface area contributed by atoms with E-state index in [1.165, 1.54) is 72.3 Å². The van der Waals surface area contributed by atoms with Crippen molar-refractivity contribution in [3.8, 4) is 12.1 Å². The third-order valence-electron chi connectivity index (χ3n) is 26.1. The van der Waals surface area contributed by atoms with Crippen LogP contribution >= 0.6 is 0 Å². The van der Waals surface area contributed by atoms with Crippen LogP contribution in [0.1, 0.15) is 202 Å². The summed E-state index contributed by atoms with van der Waals surface area (Å²) in [5.41, 5.74) is 34.1. The molecule has 12 aliphatic carbocycles. The van der Waals surface area contributed by atoms with Gasteiger partial charge in [0.05, 0.1) is 68.2 Å². The minimum absolute atomic E-state index is 0.0639. The molecular weight excluding hydrogens is 1180 g/mol. The number of carbonyl (C=O) groups is 2. The second-order valence-electron chi connectivity index (χ2n) is 29.3. The van der Waals surface area contributed by atoms with Gasteiger partial charge in [-0.1, -0.05) is 194 Å². The van der Waals surface area contributed by atoms with Gasteiger partial charge in [0.15, 0.2) is 11.6 Å². The molecule has 17 aromatic rings. The number of rotatable bonds is 0. The van der Waals surface area contributed by atoms with Gasteiger partial charge in [0.1, 0.15) is 0 Å². The van der Waals surface area contributed by atoms with E-state index >= 15 is 9.59 Å². The van der Waals surface area contributed by atoms with Gasteiger partial charge in [0, 0.05) is 95.1 Å². The molecule has 0 saturated carbocycles. The van der Waals surface area contributed by atoms with Crippen molar-refractivity contribution in [3.63, 3.8) is 0 Å². The minimum atomic E-state index is -0.490. The Kier molecular flexibility index (Phi) is 8.11. The molecule has 0 fully saturated rings. The number of hydrogen-bond donors (Lipinski definition) is 0. The number of ketones is 2. The third kappa shape index (κ3) is 4.97. The number of benzene rings is 13. The minimum Gasteiger partial charge on any atom is -0.308 e. The zero-order valence-electron chi connectivity index (χ0n) is 51.7. The molecule has 4 aromatic heterocycles. The van der Waals surface area contributed by atoms with Crippen molar-refractivity contribution in [3.05, 3.63) is 375 Å². The molecule has 0 aliphatic heterocycles. The van der Waals surface area contributed by atoms with Crippen LogP contribution in [0.2, 0.25) is 0 Å². The Balaban J connectivity index is 0.922. The smallest absolute Gasteiger partial charge is 0.175 e. The van der Waals surface area contributed by atoms with Crippen molar-refractivity contribution in [2.24, 2.45) is 0 Å². The fraction of sp³-hybridized carbons (Fsp3) is 0.0989. The van der Waals surface area contributed by atoms with Gasteiger partial charge in [0.2, 0.25) is 0 Å². The number of carbonyl (C=O) groups excluding carboxylic acids is 2. The topological polar surface area (TPSA) is 90.5 Å². The second-order valence-corrected chi connectivity index (χ2v) is 29.3. The lowest BCUT2D eigenvalue weighted by Crippen LogP contribution is -2.61. The van der Waals surface area contributed by atoms with Gasteiger partial charge in [-0.05, 0) is 159 Å². The van der Waals surface area contributed by atoms with E-state index in [1.54, 1.807) is 0 Å². The fourth-order valence-corrected chi connectivity index (χ4v) is 23.2. The Hall–Kier alpha value is -12.2. The van der Waals surface area contributed by atoms with Crippen LogP contribution in [0.5, 0.6) is 0 Å². The zero-order chi connectivity index (χ0) is 62.8. The van der Waals surface area contributed by atoms with Crippen molar-refractivity contribution in [2.75, 3.05) is 0 Å². The van der Waals surface area contributed by atoms with E-state index in [0.29, 0.717) is 11.1 Å². The number of hydrogen-bond acceptors (Lipinski definition) is 4. The van der Waals surface area contributed by atoms with E-state index < -0.39 is 11.3 Å². The Bertz CT molecular complexity index is 6830. The average Bonchev–Trinajstić information content (AvgIpc) is 1.06. The highest BCUT2D eigenvalue weighted by Crippen LogP contribution is 2.75. The predicted molar refractivity (Wildman–Crippen MR) is 377 cm³/mol. The normalized spacial score (nSPS) is 22.7. The first-order valence-corrected chi connectivity index (χ1v) is 34.2. The largest absolute Gasteiger partial charge is 0.308 e. The number of nitrogens with zero attached hydrogens (tertiary/aromatic N) is 4. The van der Waals surface area contributed by atoms with Crippen LogP contribution in [0, 0.1) is 22.7 Å². The number of Topliss-reactive ketones (excluding diaryl/α,β-unsaturated/α-hetero) is 2. The van der Waals surface area contributed by atoms with Crippen molar-refractivity contribution in [1.82, 2.24) is 8.80 Å². The van der Waals surface area contributed by atoms with Crippen molar-refractivity contribution < 1.29 is 9.59 Å². The molecule has 97 heavy (non-hydrogen) atoms. The van der Waals surface area contributed by atoms with E-state index in [0.717, 1.165) is 137 Å². The highest BCUT2D eigenvalue weighted by atomic mass is 16.1. The summed E-state index contributed by atoms with van der Waals surface area (Å²) in [5, 5.41) is 32.8. The van der Waals surface area contributed by atoms with E-state index in [9.17, 15) is 10.5 Å². The molecule has 6 heteroatoms. The standard InChI is InChI=1S/C91H46N4O2/c92-39-41-33-67-80(82-70(41)73-47-21-5-9-25-51(47)75(82)52-26-10-6-22-48(52)73)84-78-62-36-58-60(90(97)86-56-30-14-16-32-64(56)91(86)63-31-15-13-29-55(63)85(58)91)38-66(62)95-68-34-42(40-93)69-72-45-19-3-7-23-49(45)74(50-24-8-4-20-46(50)72)81(69)79(68)83(88(78)95)77-61-35-57-59(37-65(61)94(67)87(77)84)89(96)76-53-27-11-1-17-43(53)71(57)44-18-2-12-28-54(44)76/h1-38,71-76,85-86H. The molecule has 29 rings (SSSR count). The average molecular weight is 1230 g/mol. The van der Waals surface area contributed by atoms with Crippen LogP contribution in [-0.2, 0) is 5.41 Å². The molecule has 13 aromatic carbocycles. The lowest BCUT2D eigenvalue weighted by molar-refractivity contribution is 0.0846. The second kappa shape index (κ2) is 15.9. The Labute approximate surface area is 553 Å². The van der Waals surface area contributed by atoms with Gasteiger partial charge in [-0.2, -0.15) is 10.5 Å². The van der Waals surface area contributed by atoms with Crippen LogP contribution < -0.4 is 0 Å². The summed E-state index contributed by atoms with van der Waals surface area (Å²) in [7, 11) is 0. The number of nitriles is 2. The summed E-state index contributed by atoms with van der Waals surface area (Å²) in [6.45, 7) is 0. The highest BCUT2D eigenvalue weighted by Gasteiger charge is 2.69. The maximum Gasteiger partial charge on any atom is 0.175 e. The van der Waals surface area contributed by atoms with Crippen LogP contribution in [0.3, 0.4) is 0 Å². The van der Waals surface area contributed by atoms with E-state index in [4.69, 9.17) is 0 Å². The molecule has 3 atom stereocenters. The van der Waals surface area contributed by atoms with Crippen LogP contribution in [0.25, 0.3) is 76.2 Å². The molecule has 6 nitrogen and oxygen atoms in total. The molecule has 6 bridgehead atoms.